The summed E-state index contributed by atoms with van der Waals surface area (Å²) in [6.07, 6.45) is 4.60. The fourth-order valence-corrected chi connectivity index (χ4v) is 2.22. The van der Waals surface area contributed by atoms with Crippen molar-refractivity contribution in [1.82, 2.24) is 20.6 Å². The lowest BCUT2D eigenvalue weighted by Gasteiger charge is -2.09. The molecule has 1 aromatic carbocycles. The summed E-state index contributed by atoms with van der Waals surface area (Å²) in [4.78, 5) is 8.72. The summed E-state index contributed by atoms with van der Waals surface area (Å²) in [7, 11) is 3.72. The van der Waals surface area contributed by atoms with Gasteiger partial charge in [0.2, 0.25) is 5.95 Å². The van der Waals surface area contributed by atoms with E-state index in [9.17, 15) is 0 Å². The highest BCUT2D eigenvalue weighted by atomic mass is 15.1. The quantitative estimate of drug-likeness (QED) is 0.590. The largest absolute Gasteiger partial charge is 0.392 e. The molecule has 1 aromatic heterocycles. The van der Waals surface area contributed by atoms with Crippen LogP contribution in [-0.4, -0.2) is 30.3 Å². The Hall–Kier alpha value is -2.73. The fourth-order valence-electron chi connectivity index (χ4n) is 2.22. The zero-order valence-corrected chi connectivity index (χ0v) is 13.6. The van der Waals surface area contributed by atoms with Crippen LogP contribution in [0.2, 0.25) is 0 Å². The number of nitrogens with zero attached hydrogens (tertiary/aromatic N) is 2. The lowest BCUT2D eigenvalue weighted by Crippen LogP contribution is -2.08. The van der Waals surface area contributed by atoms with Crippen LogP contribution in [0.5, 0.6) is 0 Å². The lowest BCUT2D eigenvalue weighted by atomic mass is 10.0. The van der Waals surface area contributed by atoms with Crippen molar-refractivity contribution < 1.29 is 0 Å². The SMILES string of the molecule is CN/C=C(\C=N)Nc1nccc(-c2ccc(CNC)c(C)c2)n1. The van der Waals surface area contributed by atoms with Crippen LogP contribution in [0.1, 0.15) is 11.1 Å². The van der Waals surface area contributed by atoms with Gasteiger partial charge >= 0.3 is 0 Å². The molecule has 23 heavy (non-hydrogen) atoms. The number of nitrogens with one attached hydrogen (secondary N) is 4. The number of hydrogen-bond acceptors (Lipinski definition) is 6. The highest BCUT2D eigenvalue weighted by molar-refractivity contribution is 5.79. The molecule has 0 bridgehead atoms. The lowest BCUT2D eigenvalue weighted by molar-refractivity contribution is 0.812. The molecule has 1 heterocycles. The van der Waals surface area contributed by atoms with E-state index in [0.29, 0.717) is 11.6 Å². The summed E-state index contributed by atoms with van der Waals surface area (Å²) in [5.41, 5.74) is 4.97. The highest BCUT2D eigenvalue weighted by Gasteiger charge is 2.05. The van der Waals surface area contributed by atoms with E-state index in [-0.39, 0.29) is 0 Å². The Morgan fingerprint density at radius 3 is 2.74 bits per heavy atom. The number of aryl methyl sites for hydroxylation is 1. The van der Waals surface area contributed by atoms with Crippen molar-refractivity contribution in [2.75, 3.05) is 19.4 Å². The van der Waals surface area contributed by atoms with Gasteiger partial charge in [0.25, 0.3) is 0 Å². The van der Waals surface area contributed by atoms with Gasteiger partial charge in [-0.3, -0.25) is 0 Å². The number of aromatic nitrogens is 2. The molecule has 4 N–H and O–H groups in total. The van der Waals surface area contributed by atoms with Crippen molar-refractivity contribution in [3.63, 3.8) is 0 Å². The molecule has 0 saturated carbocycles. The third kappa shape index (κ3) is 4.37. The molecular formula is C17H22N6. The summed E-state index contributed by atoms with van der Waals surface area (Å²) < 4.78 is 0. The average Bonchev–Trinajstić information content (AvgIpc) is 2.56. The van der Waals surface area contributed by atoms with Crippen molar-refractivity contribution in [3.8, 4) is 11.3 Å². The highest BCUT2D eigenvalue weighted by Crippen LogP contribution is 2.21. The summed E-state index contributed by atoms with van der Waals surface area (Å²) in [6.45, 7) is 2.94. The monoisotopic (exact) mass is 310 g/mol. The summed E-state index contributed by atoms with van der Waals surface area (Å²) >= 11 is 0. The minimum absolute atomic E-state index is 0.462. The van der Waals surface area contributed by atoms with Gasteiger partial charge in [-0.05, 0) is 37.2 Å². The van der Waals surface area contributed by atoms with Gasteiger partial charge in [0.05, 0.1) is 11.4 Å². The maximum atomic E-state index is 7.36. The summed E-state index contributed by atoms with van der Waals surface area (Å²) in [5, 5.41) is 16.4. The van der Waals surface area contributed by atoms with Gasteiger partial charge in [-0.1, -0.05) is 12.1 Å². The Balaban J connectivity index is 2.27. The van der Waals surface area contributed by atoms with Crippen molar-refractivity contribution in [1.29, 1.82) is 5.41 Å². The predicted molar refractivity (Wildman–Crippen MR) is 94.5 cm³/mol. The second-order valence-corrected chi connectivity index (χ2v) is 5.09. The maximum Gasteiger partial charge on any atom is 0.227 e. The van der Waals surface area contributed by atoms with Gasteiger partial charge in [-0.15, -0.1) is 0 Å². The Labute approximate surface area is 136 Å². The normalized spacial score (nSPS) is 11.2. The number of allylic oxidation sites excluding steroid dienone is 1. The van der Waals surface area contributed by atoms with Crippen LogP contribution in [0.4, 0.5) is 5.95 Å². The molecule has 0 amide bonds. The summed E-state index contributed by atoms with van der Waals surface area (Å²) in [5.74, 6) is 0.462. The standard InChI is InChI=1S/C17H22N6/c1-12-8-13(4-5-14(12)10-19-2)16-6-7-21-17(23-16)22-15(9-18)11-20-3/h4-9,11,18-20H,10H2,1-3H3,(H,21,22,23)/b15-11+,18-9?. The maximum absolute atomic E-state index is 7.36. The van der Waals surface area contributed by atoms with Crippen LogP contribution in [0, 0.1) is 12.3 Å². The molecule has 0 aliphatic rings. The van der Waals surface area contributed by atoms with Crippen molar-refractivity contribution >= 4 is 12.2 Å². The van der Waals surface area contributed by atoms with E-state index in [1.165, 1.54) is 17.3 Å². The first-order chi connectivity index (χ1) is 11.2. The number of hydrogen-bond donors (Lipinski definition) is 4. The molecule has 0 fully saturated rings. The van der Waals surface area contributed by atoms with E-state index in [2.05, 4.69) is 51.0 Å². The van der Waals surface area contributed by atoms with Crippen LogP contribution in [-0.2, 0) is 6.54 Å². The molecule has 2 aromatic rings. The molecule has 0 saturated heterocycles. The van der Waals surface area contributed by atoms with E-state index in [0.717, 1.165) is 17.8 Å². The molecule has 0 atom stereocenters. The van der Waals surface area contributed by atoms with E-state index in [1.54, 1.807) is 19.4 Å². The second-order valence-electron chi connectivity index (χ2n) is 5.09. The van der Waals surface area contributed by atoms with Crippen LogP contribution in [0.25, 0.3) is 11.3 Å². The molecule has 120 valence electrons. The Morgan fingerprint density at radius 1 is 1.26 bits per heavy atom. The van der Waals surface area contributed by atoms with Gasteiger partial charge in [0, 0.05) is 37.8 Å². The minimum Gasteiger partial charge on any atom is -0.392 e. The predicted octanol–water partition coefficient (Wildman–Crippen LogP) is 2.29. The molecule has 0 aliphatic carbocycles. The first kappa shape index (κ1) is 16.6. The summed E-state index contributed by atoms with van der Waals surface area (Å²) in [6, 6.07) is 8.18. The Kier molecular flexibility index (Phi) is 5.82. The molecule has 0 aliphatic heterocycles. The van der Waals surface area contributed by atoms with Gasteiger partial charge in [-0.2, -0.15) is 0 Å². The smallest absolute Gasteiger partial charge is 0.227 e. The topological polar surface area (TPSA) is 85.7 Å². The van der Waals surface area contributed by atoms with Crippen LogP contribution in [0.3, 0.4) is 0 Å². The Bertz CT molecular complexity index is 708. The van der Waals surface area contributed by atoms with E-state index < -0.39 is 0 Å². The molecule has 2 rings (SSSR count). The van der Waals surface area contributed by atoms with Crippen molar-refractivity contribution in [2.24, 2.45) is 0 Å². The fraction of sp³-hybridized carbons (Fsp3) is 0.235. The van der Waals surface area contributed by atoms with Crippen LogP contribution >= 0.6 is 0 Å². The molecule has 0 radical (unpaired) electrons. The van der Waals surface area contributed by atoms with Crippen LogP contribution < -0.4 is 16.0 Å². The van der Waals surface area contributed by atoms with Crippen LogP contribution in [0.15, 0.2) is 42.4 Å². The second kappa shape index (κ2) is 8.05. The number of benzene rings is 1. The van der Waals surface area contributed by atoms with Gasteiger partial charge in [-0.25, -0.2) is 9.97 Å². The van der Waals surface area contributed by atoms with E-state index in [4.69, 9.17) is 5.41 Å². The molecule has 0 spiro atoms. The zero-order chi connectivity index (χ0) is 16.7. The number of anilines is 1. The molecule has 6 heteroatoms. The van der Waals surface area contributed by atoms with Crippen molar-refractivity contribution in [3.05, 3.63) is 53.5 Å². The minimum atomic E-state index is 0.462. The van der Waals surface area contributed by atoms with E-state index in [1.807, 2.05) is 13.1 Å². The zero-order valence-electron chi connectivity index (χ0n) is 13.6. The number of rotatable bonds is 7. The third-order valence-corrected chi connectivity index (χ3v) is 3.37. The third-order valence-electron chi connectivity index (χ3n) is 3.37. The van der Waals surface area contributed by atoms with Gasteiger partial charge < -0.3 is 21.4 Å². The van der Waals surface area contributed by atoms with E-state index >= 15 is 0 Å². The molecular weight excluding hydrogens is 288 g/mol. The first-order valence-electron chi connectivity index (χ1n) is 7.40. The average molecular weight is 310 g/mol. The first-order valence-corrected chi connectivity index (χ1v) is 7.40. The Morgan fingerprint density at radius 2 is 2.09 bits per heavy atom. The molecule has 0 unspecified atom stereocenters. The van der Waals surface area contributed by atoms with Gasteiger partial charge in [0.15, 0.2) is 0 Å². The van der Waals surface area contributed by atoms with Gasteiger partial charge in [0.1, 0.15) is 0 Å². The van der Waals surface area contributed by atoms with Crippen molar-refractivity contribution in [2.45, 2.75) is 13.5 Å². The molecule has 6 nitrogen and oxygen atoms in total.